The first kappa shape index (κ1) is 11.8. The molecule has 1 rings (SSSR count). The van der Waals surface area contributed by atoms with E-state index in [4.69, 9.17) is 5.73 Å². The largest absolute Gasteiger partial charge is 0.416 e. The average Bonchev–Trinajstić information content (AvgIpc) is 2.17. The highest BCUT2D eigenvalue weighted by atomic mass is 19.4. The van der Waals surface area contributed by atoms with Gasteiger partial charge < -0.3 is 11.1 Å². The van der Waals surface area contributed by atoms with Crippen molar-refractivity contribution in [2.45, 2.75) is 19.6 Å². The van der Waals surface area contributed by atoms with Crippen LogP contribution in [-0.2, 0) is 12.7 Å². The van der Waals surface area contributed by atoms with Gasteiger partial charge in [0.2, 0.25) is 0 Å². The minimum Gasteiger partial charge on any atom is -0.385 e. The van der Waals surface area contributed by atoms with Gasteiger partial charge in [0.1, 0.15) is 0 Å². The summed E-state index contributed by atoms with van der Waals surface area (Å²) in [5.74, 6) is 0. The Balaban J connectivity index is 3.08. The van der Waals surface area contributed by atoms with Crippen molar-refractivity contribution in [2.24, 2.45) is 5.73 Å². The van der Waals surface area contributed by atoms with Crippen LogP contribution in [0.3, 0.4) is 0 Å². The van der Waals surface area contributed by atoms with Gasteiger partial charge in [-0.1, -0.05) is 0 Å². The standard InChI is InChI=1S/C10H13F3N2/c1-2-15-9-4-3-8(10(11,12)13)5-7(9)6-14/h3-5,15H,2,6,14H2,1H3. The Morgan fingerprint density at radius 3 is 2.47 bits per heavy atom. The summed E-state index contributed by atoms with van der Waals surface area (Å²) in [7, 11) is 0. The van der Waals surface area contributed by atoms with Crippen LogP contribution in [0.1, 0.15) is 18.1 Å². The van der Waals surface area contributed by atoms with Gasteiger partial charge in [-0.05, 0) is 30.7 Å². The fraction of sp³-hybridized carbons (Fsp3) is 0.400. The molecule has 0 aromatic heterocycles. The van der Waals surface area contributed by atoms with E-state index >= 15 is 0 Å². The maximum atomic E-state index is 12.4. The van der Waals surface area contributed by atoms with Gasteiger partial charge in [-0.3, -0.25) is 0 Å². The molecule has 3 N–H and O–H groups in total. The quantitative estimate of drug-likeness (QED) is 0.818. The molecule has 0 radical (unpaired) electrons. The maximum Gasteiger partial charge on any atom is 0.416 e. The third kappa shape index (κ3) is 2.86. The summed E-state index contributed by atoms with van der Waals surface area (Å²) in [6.45, 7) is 2.61. The zero-order valence-corrected chi connectivity index (χ0v) is 8.36. The summed E-state index contributed by atoms with van der Waals surface area (Å²) in [5.41, 5.74) is 5.86. The SMILES string of the molecule is CCNc1ccc(C(F)(F)F)cc1CN. The number of alkyl halides is 3. The van der Waals surface area contributed by atoms with Crippen LogP contribution in [0.4, 0.5) is 18.9 Å². The van der Waals surface area contributed by atoms with Gasteiger partial charge in [0.25, 0.3) is 0 Å². The van der Waals surface area contributed by atoms with Crippen LogP contribution in [-0.4, -0.2) is 6.54 Å². The summed E-state index contributed by atoms with van der Waals surface area (Å²) in [5, 5.41) is 2.96. The lowest BCUT2D eigenvalue weighted by Gasteiger charge is -2.13. The summed E-state index contributed by atoms with van der Waals surface area (Å²) in [4.78, 5) is 0. The third-order valence-corrected chi connectivity index (χ3v) is 2.02. The van der Waals surface area contributed by atoms with E-state index in [9.17, 15) is 13.2 Å². The lowest BCUT2D eigenvalue weighted by Crippen LogP contribution is -2.10. The summed E-state index contributed by atoms with van der Waals surface area (Å²) in [6.07, 6.45) is -4.31. The molecule has 0 aliphatic rings. The average molecular weight is 218 g/mol. The molecule has 0 unspecified atom stereocenters. The van der Waals surface area contributed by atoms with Crippen LogP contribution in [0.2, 0.25) is 0 Å². The second kappa shape index (κ2) is 4.53. The molecule has 0 saturated carbocycles. The maximum absolute atomic E-state index is 12.4. The van der Waals surface area contributed by atoms with Crippen LogP contribution in [0.5, 0.6) is 0 Å². The minimum absolute atomic E-state index is 0.0895. The highest BCUT2D eigenvalue weighted by Crippen LogP contribution is 2.31. The number of halogens is 3. The fourth-order valence-electron chi connectivity index (χ4n) is 1.30. The molecule has 0 bridgehead atoms. The Bertz CT molecular complexity index is 334. The van der Waals surface area contributed by atoms with Gasteiger partial charge in [-0.25, -0.2) is 0 Å². The van der Waals surface area contributed by atoms with Crippen LogP contribution >= 0.6 is 0 Å². The fourth-order valence-corrected chi connectivity index (χ4v) is 1.30. The molecule has 0 atom stereocenters. The first-order chi connectivity index (χ1) is 6.99. The molecule has 1 aromatic carbocycles. The first-order valence-electron chi connectivity index (χ1n) is 4.63. The second-order valence-electron chi connectivity index (χ2n) is 3.10. The van der Waals surface area contributed by atoms with Crippen LogP contribution in [0, 0.1) is 0 Å². The number of hydrogen-bond acceptors (Lipinski definition) is 2. The van der Waals surface area contributed by atoms with Crippen molar-refractivity contribution in [3.05, 3.63) is 29.3 Å². The summed E-state index contributed by atoms with van der Waals surface area (Å²) < 4.78 is 37.1. The van der Waals surface area contributed by atoms with E-state index in [1.807, 2.05) is 6.92 Å². The van der Waals surface area contributed by atoms with Gasteiger partial charge in [0.05, 0.1) is 5.56 Å². The lowest BCUT2D eigenvalue weighted by atomic mass is 10.1. The molecule has 0 spiro atoms. The number of rotatable bonds is 3. The van der Waals surface area contributed by atoms with E-state index in [1.54, 1.807) is 0 Å². The Kier molecular flexibility index (Phi) is 3.57. The predicted molar refractivity (Wildman–Crippen MR) is 53.5 cm³/mol. The zero-order chi connectivity index (χ0) is 11.5. The van der Waals surface area contributed by atoms with Gasteiger partial charge in [0, 0.05) is 18.8 Å². The second-order valence-corrected chi connectivity index (χ2v) is 3.10. The zero-order valence-electron chi connectivity index (χ0n) is 8.36. The van der Waals surface area contributed by atoms with E-state index in [2.05, 4.69) is 5.32 Å². The smallest absolute Gasteiger partial charge is 0.385 e. The van der Waals surface area contributed by atoms with Crippen molar-refractivity contribution in [1.82, 2.24) is 0 Å². The van der Waals surface area contributed by atoms with Crippen LogP contribution in [0.25, 0.3) is 0 Å². The van der Waals surface area contributed by atoms with Crippen molar-refractivity contribution in [3.8, 4) is 0 Å². The highest BCUT2D eigenvalue weighted by molar-refractivity contribution is 5.53. The Morgan fingerprint density at radius 1 is 1.33 bits per heavy atom. The third-order valence-electron chi connectivity index (χ3n) is 2.02. The van der Waals surface area contributed by atoms with Crippen LogP contribution in [0.15, 0.2) is 18.2 Å². The molecular weight excluding hydrogens is 205 g/mol. The monoisotopic (exact) mass is 218 g/mol. The molecule has 5 heteroatoms. The number of hydrogen-bond donors (Lipinski definition) is 2. The van der Waals surface area contributed by atoms with E-state index in [0.717, 1.165) is 12.1 Å². The minimum atomic E-state index is -4.31. The number of anilines is 1. The summed E-state index contributed by atoms with van der Waals surface area (Å²) in [6, 6.07) is 3.55. The van der Waals surface area contributed by atoms with E-state index in [1.165, 1.54) is 6.07 Å². The highest BCUT2D eigenvalue weighted by Gasteiger charge is 2.30. The number of nitrogens with one attached hydrogen (secondary N) is 1. The predicted octanol–water partition coefficient (Wildman–Crippen LogP) is 2.60. The van der Waals surface area contributed by atoms with E-state index in [0.29, 0.717) is 17.8 Å². The molecule has 0 aliphatic carbocycles. The van der Waals surface area contributed by atoms with Crippen molar-refractivity contribution in [2.75, 3.05) is 11.9 Å². The van der Waals surface area contributed by atoms with Crippen LogP contribution < -0.4 is 11.1 Å². The van der Waals surface area contributed by atoms with E-state index in [-0.39, 0.29) is 6.54 Å². The molecule has 2 nitrogen and oxygen atoms in total. The van der Waals surface area contributed by atoms with E-state index < -0.39 is 11.7 Å². The molecule has 84 valence electrons. The molecule has 0 amide bonds. The van der Waals surface area contributed by atoms with Gasteiger partial charge in [-0.15, -0.1) is 0 Å². The molecule has 0 heterocycles. The molecular formula is C10H13F3N2. The number of nitrogens with two attached hydrogens (primary N) is 1. The van der Waals surface area contributed by atoms with Crippen molar-refractivity contribution < 1.29 is 13.2 Å². The Hall–Kier alpha value is -1.23. The lowest BCUT2D eigenvalue weighted by molar-refractivity contribution is -0.137. The van der Waals surface area contributed by atoms with Crippen molar-refractivity contribution >= 4 is 5.69 Å². The molecule has 0 fully saturated rings. The topological polar surface area (TPSA) is 38.0 Å². The Labute approximate surface area is 86.3 Å². The van der Waals surface area contributed by atoms with Gasteiger partial charge in [-0.2, -0.15) is 13.2 Å². The van der Waals surface area contributed by atoms with Crippen molar-refractivity contribution in [1.29, 1.82) is 0 Å². The van der Waals surface area contributed by atoms with Crippen molar-refractivity contribution in [3.63, 3.8) is 0 Å². The summed E-state index contributed by atoms with van der Waals surface area (Å²) >= 11 is 0. The Morgan fingerprint density at radius 2 is 2.00 bits per heavy atom. The molecule has 0 saturated heterocycles. The van der Waals surface area contributed by atoms with Gasteiger partial charge in [0.15, 0.2) is 0 Å². The molecule has 1 aromatic rings. The molecule has 15 heavy (non-hydrogen) atoms. The number of benzene rings is 1. The first-order valence-corrected chi connectivity index (χ1v) is 4.63. The van der Waals surface area contributed by atoms with Gasteiger partial charge >= 0.3 is 6.18 Å². The molecule has 0 aliphatic heterocycles. The normalized spacial score (nSPS) is 11.5.